The number of fused-ring (bicyclic) bond motifs is 2. The summed E-state index contributed by atoms with van der Waals surface area (Å²) in [5.41, 5.74) is 12.1. The standard InChI is InChI=1S/C46H32/c1-3-13-37(14-4-1)45(39-25-19-35(20-26-39)43-29-23-33-11-7-9-17-41(33)31-43)46(38-15-5-2-6-16-38)40-27-21-36(22-28-40)44-30-24-34-12-8-10-18-42(34)32-44/h1-32H/b46-45+. The number of rotatable bonds is 6. The summed E-state index contributed by atoms with van der Waals surface area (Å²) in [4.78, 5) is 0. The molecule has 8 aromatic carbocycles. The predicted molar refractivity (Wildman–Crippen MR) is 197 cm³/mol. The van der Waals surface area contributed by atoms with Crippen LogP contribution in [0.5, 0.6) is 0 Å². The highest BCUT2D eigenvalue weighted by Gasteiger charge is 2.17. The van der Waals surface area contributed by atoms with Crippen molar-refractivity contribution >= 4 is 32.7 Å². The zero-order valence-corrected chi connectivity index (χ0v) is 25.5. The van der Waals surface area contributed by atoms with Crippen molar-refractivity contribution < 1.29 is 0 Å². The fraction of sp³-hybridized carbons (Fsp3) is 0. The Kier molecular flexibility index (Phi) is 7.30. The minimum Gasteiger partial charge on any atom is -0.0622 e. The van der Waals surface area contributed by atoms with Crippen molar-refractivity contribution in [1.82, 2.24) is 0 Å². The molecule has 0 unspecified atom stereocenters. The highest BCUT2D eigenvalue weighted by Crippen LogP contribution is 2.38. The van der Waals surface area contributed by atoms with Crippen LogP contribution in [0.3, 0.4) is 0 Å². The Labute approximate surface area is 270 Å². The summed E-state index contributed by atoms with van der Waals surface area (Å²) in [6.45, 7) is 0. The second-order valence-electron chi connectivity index (χ2n) is 11.8. The van der Waals surface area contributed by atoms with Crippen molar-refractivity contribution in [2.75, 3.05) is 0 Å². The molecule has 0 radical (unpaired) electrons. The molecule has 0 aromatic heterocycles. The molecule has 46 heavy (non-hydrogen) atoms. The van der Waals surface area contributed by atoms with E-state index in [0.29, 0.717) is 0 Å². The largest absolute Gasteiger partial charge is 0.0622 e. The van der Waals surface area contributed by atoms with E-state index in [4.69, 9.17) is 0 Å². The van der Waals surface area contributed by atoms with E-state index in [9.17, 15) is 0 Å². The van der Waals surface area contributed by atoms with Crippen molar-refractivity contribution in [2.24, 2.45) is 0 Å². The SMILES string of the molecule is c1ccc(/C(=C(/c2ccccc2)c2ccc(-c3ccc4ccccc4c3)cc2)c2ccc(-c3ccc4ccccc4c3)cc2)cc1. The molecule has 0 heterocycles. The fourth-order valence-corrected chi connectivity index (χ4v) is 6.52. The van der Waals surface area contributed by atoms with Crippen LogP contribution >= 0.6 is 0 Å². The Bertz CT molecular complexity index is 2140. The van der Waals surface area contributed by atoms with E-state index < -0.39 is 0 Å². The van der Waals surface area contributed by atoms with Gasteiger partial charge in [0.1, 0.15) is 0 Å². The maximum atomic E-state index is 2.28. The zero-order valence-electron chi connectivity index (χ0n) is 25.5. The first kappa shape index (κ1) is 27.6. The van der Waals surface area contributed by atoms with Crippen LogP contribution in [0, 0.1) is 0 Å². The normalized spacial score (nSPS) is 11.8. The Morgan fingerprint density at radius 3 is 0.913 bits per heavy atom. The van der Waals surface area contributed by atoms with E-state index in [1.54, 1.807) is 0 Å². The van der Waals surface area contributed by atoms with Gasteiger partial charge in [0.2, 0.25) is 0 Å². The van der Waals surface area contributed by atoms with Crippen LogP contribution in [-0.4, -0.2) is 0 Å². The molecule has 0 nitrogen and oxygen atoms in total. The van der Waals surface area contributed by atoms with E-state index >= 15 is 0 Å². The minimum atomic E-state index is 1.19. The summed E-state index contributed by atoms with van der Waals surface area (Å²) in [6, 6.07) is 70.2. The van der Waals surface area contributed by atoms with Gasteiger partial charge in [-0.1, -0.05) is 182 Å². The first-order chi connectivity index (χ1) is 22.8. The van der Waals surface area contributed by atoms with Crippen molar-refractivity contribution in [1.29, 1.82) is 0 Å². The van der Waals surface area contributed by atoms with Gasteiger partial charge in [0.25, 0.3) is 0 Å². The third-order valence-electron chi connectivity index (χ3n) is 8.89. The van der Waals surface area contributed by atoms with Crippen LogP contribution in [0.2, 0.25) is 0 Å². The van der Waals surface area contributed by atoms with Crippen molar-refractivity contribution in [2.45, 2.75) is 0 Å². The first-order valence-corrected chi connectivity index (χ1v) is 15.8. The molecule has 0 saturated heterocycles. The van der Waals surface area contributed by atoms with Gasteiger partial charge in [0.15, 0.2) is 0 Å². The molecule has 0 aliphatic heterocycles. The summed E-state index contributed by atoms with van der Waals surface area (Å²) in [5.74, 6) is 0. The highest BCUT2D eigenvalue weighted by molar-refractivity contribution is 6.05. The van der Waals surface area contributed by atoms with Gasteiger partial charge in [-0.3, -0.25) is 0 Å². The number of benzene rings is 8. The van der Waals surface area contributed by atoms with Crippen LogP contribution in [0.1, 0.15) is 22.3 Å². The van der Waals surface area contributed by atoms with Crippen molar-refractivity contribution in [3.63, 3.8) is 0 Å². The molecule has 0 N–H and O–H groups in total. The second kappa shape index (κ2) is 12.2. The van der Waals surface area contributed by atoms with E-state index in [2.05, 4.69) is 194 Å². The van der Waals surface area contributed by atoms with Crippen molar-refractivity contribution in [3.8, 4) is 22.3 Å². The third-order valence-corrected chi connectivity index (χ3v) is 8.89. The lowest BCUT2D eigenvalue weighted by Crippen LogP contribution is -1.98. The topological polar surface area (TPSA) is 0 Å². The highest BCUT2D eigenvalue weighted by atomic mass is 14.2. The molecule has 0 spiro atoms. The third kappa shape index (κ3) is 5.42. The summed E-state index contributed by atoms with van der Waals surface area (Å²) in [5, 5.41) is 5.03. The molecule has 0 atom stereocenters. The average molecular weight is 585 g/mol. The van der Waals surface area contributed by atoms with Crippen LogP contribution in [-0.2, 0) is 0 Å². The monoisotopic (exact) mass is 584 g/mol. The van der Waals surface area contributed by atoms with Gasteiger partial charge in [-0.25, -0.2) is 0 Å². The molecule has 0 aliphatic rings. The lowest BCUT2D eigenvalue weighted by molar-refractivity contribution is 1.50. The maximum absolute atomic E-state index is 2.28. The van der Waals surface area contributed by atoms with Gasteiger partial charge in [-0.15, -0.1) is 0 Å². The summed E-state index contributed by atoms with van der Waals surface area (Å²) >= 11 is 0. The maximum Gasteiger partial charge on any atom is -0.00268 e. The molecule has 0 amide bonds. The first-order valence-electron chi connectivity index (χ1n) is 15.8. The van der Waals surface area contributed by atoms with Gasteiger partial charge in [-0.05, 0) is 89.3 Å². The van der Waals surface area contributed by atoms with E-state index in [1.807, 2.05) is 0 Å². The molecular weight excluding hydrogens is 553 g/mol. The lowest BCUT2D eigenvalue weighted by Gasteiger charge is -2.19. The van der Waals surface area contributed by atoms with Crippen LogP contribution in [0.4, 0.5) is 0 Å². The van der Waals surface area contributed by atoms with Crippen LogP contribution in [0.15, 0.2) is 194 Å². The van der Waals surface area contributed by atoms with Crippen LogP contribution in [0.25, 0.3) is 54.9 Å². The Hall–Kier alpha value is -5.98. The summed E-state index contributed by atoms with van der Waals surface area (Å²) < 4.78 is 0. The lowest BCUT2D eigenvalue weighted by atomic mass is 9.85. The van der Waals surface area contributed by atoms with E-state index in [-0.39, 0.29) is 0 Å². The Morgan fingerprint density at radius 2 is 0.522 bits per heavy atom. The van der Waals surface area contributed by atoms with E-state index in [0.717, 1.165) is 0 Å². The van der Waals surface area contributed by atoms with Crippen molar-refractivity contribution in [3.05, 3.63) is 216 Å². The molecule has 0 aliphatic carbocycles. The smallest absolute Gasteiger partial charge is 0.00268 e. The minimum absolute atomic E-state index is 1.19. The Balaban J connectivity index is 1.27. The van der Waals surface area contributed by atoms with Gasteiger partial charge in [0, 0.05) is 0 Å². The molecule has 8 rings (SSSR count). The zero-order chi connectivity index (χ0) is 30.7. The number of hydrogen-bond donors (Lipinski definition) is 0. The molecule has 8 aromatic rings. The Morgan fingerprint density at radius 1 is 0.217 bits per heavy atom. The molecule has 0 fully saturated rings. The molecular formula is C46H32. The second-order valence-corrected chi connectivity index (χ2v) is 11.8. The van der Waals surface area contributed by atoms with Gasteiger partial charge in [-0.2, -0.15) is 0 Å². The predicted octanol–water partition coefficient (Wildman–Crippen LogP) is 12.3. The van der Waals surface area contributed by atoms with E-state index in [1.165, 1.54) is 77.2 Å². The molecule has 0 heteroatoms. The quantitative estimate of drug-likeness (QED) is 0.171. The van der Waals surface area contributed by atoms with Crippen LogP contribution < -0.4 is 0 Å². The van der Waals surface area contributed by atoms with Gasteiger partial charge < -0.3 is 0 Å². The summed E-state index contributed by atoms with van der Waals surface area (Å²) in [7, 11) is 0. The number of hydrogen-bond acceptors (Lipinski definition) is 0. The molecule has 0 bridgehead atoms. The average Bonchev–Trinajstić information content (AvgIpc) is 3.14. The fourth-order valence-electron chi connectivity index (χ4n) is 6.52. The molecule has 216 valence electrons. The molecule has 0 saturated carbocycles. The van der Waals surface area contributed by atoms with Gasteiger partial charge >= 0.3 is 0 Å². The summed E-state index contributed by atoms with van der Waals surface area (Å²) in [6.07, 6.45) is 0. The van der Waals surface area contributed by atoms with Gasteiger partial charge in [0.05, 0.1) is 0 Å².